The van der Waals surface area contributed by atoms with Crippen LogP contribution >= 0.6 is 11.6 Å². The van der Waals surface area contributed by atoms with Crippen molar-refractivity contribution in [3.8, 4) is 5.75 Å². The van der Waals surface area contributed by atoms with E-state index in [1.807, 2.05) is 0 Å². The third-order valence-electron chi connectivity index (χ3n) is 2.82. The zero-order valence-electron chi connectivity index (χ0n) is 11.5. The van der Waals surface area contributed by atoms with Crippen molar-refractivity contribution in [1.29, 1.82) is 0 Å². The van der Waals surface area contributed by atoms with Gasteiger partial charge in [0, 0.05) is 5.56 Å². The second-order valence-electron chi connectivity index (χ2n) is 4.30. The Hall–Kier alpha value is -2.21. The van der Waals surface area contributed by atoms with Gasteiger partial charge >= 0.3 is 6.18 Å². The number of nitrogens with one attached hydrogen (secondary N) is 1. The molecule has 0 aliphatic rings. The Bertz CT molecular complexity index is 687. The minimum atomic E-state index is -4.42. The maximum absolute atomic E-state index is 12.8. The van der Waals surface area contributed by atoms with Crippen LogP contribution in [0.25, 0.3) is 0 Å². The van der Waals surface area contributed by atoms with E-state index < -0.39 is 11.7 Å². The largest absolute Gasteiger partial charge is 0.495 e. The van der Waals surface area contributed by atoms with Crippen molar-refractivity contribution in [2.45, 2.75) is 6.18 Å². The summed E-state index contributed by atoms with van der Waals surface area (Å²) in [5.74, 6) is 0.499. The van der Waals surface area contributed by atoms with E-state index in [4.69, 9.17) is 16.3 Å². The number of anilines is 1. The first-order chi connectivity index (χ1) is 10.4. The van der Waals surface area contributed by atoms with E-state index in [1.54, 1.807) is 18.2 Å². The lowest BCUT2D eigenvalue weighted by molar-refractivity contribution is -0.137. The molecule has 0 fully saturated rings. The van der Waals surface area contributed by atoms with Crippen LogP contribution in [0.1, 0.15) is 11.1 Å². The Labute approximate surface area is 130 Å². The van der Waals surface area contributed by atoms with Crippen LogP contribution in [0.2, 0.25) is 5.02 Å². The van der Waals surface area contributed by atoms with Gasteiger partial charge in [0.05, 0.1) is 29.6 Å². The van der Waals surface area contributed by atoms with E-state index in [1.165, 1.54) is 25.3 Å². The average Bonchev–Trinajstić information content (AvgIpc) is 2.47. The molecule has 0 bridgehead atoms. The molecular weight excluding hydrogens is 317 g/mol. The summed E-state index contributed by atoms with van der Waals surface area (Å²) in [4.78, 5) is 0. The molecular formula is C15H12ClF3N2O. The summed E-state index contributed by atoms with van der Waals surface area (Å²) in [5, 5.41) is 4.18. The molecule has 0 saturated heterocycles. The number of hydrogen-bond acceptors (Lipinski definition) is 3. The quantitative estimate of drug-likeness (QED) is 0.645. The lowest BCUT2D eigenvalue weighted by Gasteiger charge is -2.09. The highest BCUT2D eigenvalue weighted by atomic mass is 35.5. The van der Waals surface area contributed by atoms with Gasteiger partial charge < -0.3 is 4.74 Å². The van der Waals surface area contributed by atoms with Gasteiger partial charge in [0.1, 0.15) is 5.75 Å². The van der Waals surface area contributed by atoms with Crippen LogP contribution in [-0.2, 0) is 6.18 Å². The molecule has 0 radical (unpaired) electrons. The normalized spacial score (nSPS) is 11.7. The number of hydrazone groups is 1. The van der Waals surface area contributed by atoms with Gasteiger partial charge in [-0.1, -0.05) is 29.8 Å². The molecule has 22 heavy (non-hydrogen) atoms. The SMILES string of the molecule is COc1ccc(N/N=C/c2ccccc2C(F)(F)F)cc1Cl. The van der Waals surface area contributed by atoms with Gasteiger partial charge in [-0.05, 0) is 24.3 Å². The second-order valence-corrected chi connectivity index (χ2v) is 4.71. The number of halogens is 4. The smallest absolute Gasteiger partial charge is 0.417 e. The van der Waals surface area contributed by atoms with Crippen LogP contribution in [0.4, 0.5) is 18.9 Å². The van der Waals surface area contributed by atoms with Crippen LogP contribution in [0.5, 0.6) is 5.75 Å². The maximum atomic E-state index is 12.8. The second kappa shape index (κ2) is 6.70. The van der Waals surface area contributed by atoms with Gasteiger partial charge in [0.25, 0.3) is 0 Å². The summed E-state index contributed by atoms with van der Waals surface area (Å²) in [7, 11) is 1.49. The Balaban J connectivity index is 2.15. The summed E-state index contributed by atoms with van der Waals surface area (Å²) in [5.41, 5.74) is 2.39. The summed E-state index contributed by atoms with van der Waals surface area (Å²) in [6, 6.07) is 10.0. The highest BCUT2D eigenvalue weighted by Crippen LogP contribution is 2.31. The molecule has 0 heterocycles. The molecule has 0 amide bonds. The molecule has 2 rings (SSSR count). The molecule has 0 aliphatic heterocycles. The first kappa shape index (κ1) is 16.2. The third-order valence-corrected chi connectivity index (χ3v) is 3.11. The Kier molecular flexibility index (Phi) is 4.92. The molecule has 0 unspecified atom stereocenters. The molecule has 0 atom stereocenters. The molecule has 3 nitrogen and oxygen atoms in total. The topological polar surface area (TPSA) is 33.6 Å². The lowest BCUT2D eigenvalue weighted by atomic mass is 10.1. The number of benzene rings is 2. The minimum Gasteiger partial charge on any atom is -0.495 e. The predicted octanol–water partition coefficient (Wildman–Crippen LogP) is 4.81. The van der Waals surface area contributed by atoms with Gasteiger partial charge in [-0.15, -0.1) is 0 Å². The number of ether oxygens (including phenoxy) is 1. The van der Waals surface area contributed by atoms with Crippen LogP contribution in [0.15, 0.2) is 47.6 Å². The zero-order valence-corrected chi connectivity index (χ0v) is 12.2. The third kappa shape index (κ3) is 3.92. The Morgan fingerprint density at radius 2 is 1.91 bits per heavy atom. The molecule has 0 aliphatic carbocycles. The van der Waals surface area contributed by atoms with E-state index in [-0.39, 0.29) is 5.56 Å². The molecule has 0 spiro atoms. The molecule has 2 aromatic carbocycles. The van der Waals surface area contributed by atoms with Gasteiger partial charge in [-0.3, -0.25) is 5.43 Å². The average molecular weight is 329 g/mol. The van der Waals surface area contributed by atoms with Crippen molar-refractivity contribution in [3.05, 3.63) is 58.6 Å². The number of alkyl halides is 3. The van der Waals surface area contributed by atoms with Gasteiger partial charge in [0.15, 0.2) is 0 Å². The molecule has 7 heteroatoms. The predicted molar refractivity (Wildman–Crippen MR) is 80.7 cm³/mol. The van der Waals surface area contributed by atoms with E-state index in [0.29, 0.717) is 16.5 Å². The molecule has 2 aromatic rings. The fraction of sp³-hybridized carbons (Fsp3) is 0.133. The lowest BCUT2D eigenvalue weighted by Crippen LogP contribution is -2.08. The number of hydrogen-bond donors (Lipinski definition) is 1. The van der Waals surface area contributed by atoms with Crippen LogP contribution in [0.3, 0.4) is 0 Å². The van der Waals surface area contributed by atoms with E-state index >= 15 is 0 Å². The Morgan fingerprint density at radius 1 is 1.18 bits per heavy atom. The first-order valence-corrected chi connectivity index (χ1v) is 6.58. The summed E-state index contributed by atoms with van der Waals surface area (Å²) >= 11 is 5.94. The number of nitrogens with zero attached hydrogens (tertiary/aromatic N) is 1. The highest BCUT2D eigenvalue weighted by molar-refractivity contribution is 6.32. The van der Waals surface area contributed by atoms with E-state index in [2.05, 4.69) is 10.5 Å². The monoisotopic (exact) mass is 328 g/mol. The maximum Gasteiger partial charge on any atom is 0.417 e. The standard InChI is InChI=1S/C15H12ClF3N2O/c1-22-14-7-6-11(8-13(14)16)21-20-9-10-4-2-3-5-12(10)15(17,18)19/h2-9,21H,1H3/b20-9+. The molecule has 116 valence electrons. The van der Waals surface area contributed by atoms with E-state index in [0.717, 1.165) is 12.3 Å². The molecule has 1 N–H and O–H groups in total. The van der Waals surface area contributed by atoms with Crippen molar-refractivity contribution in [1.82, 2.24) is 0 Å². The van der Waals surface area contributed by atoms with Crippen LogP contribution in [-0.4, -0.2) is 13.3 Å². The zero-order chi connectivity index (χ0) is 16.2. The van der Waals surface area contributed by atoms with Crippen LogP contribution < -0.4 is 10.2 Å². The van der Waals surface area contributed by atoms with Crippen molar-refractivity contribution in [2.75, 3.05) is 12.5 Å². The first-order valence-electron chi connectivity index (χ1n) is 6.20. The van der Waals surface area contributed by atoms with Gasteiger partial charge in [-0.2, -0.15) is 18.3 Å². The number of methoxy groups -OCH3 is 1. The fourth-order valence-electron chi connectivity index (χ4n) is 1.78. The summed E-state index contributed by atoms with van der Waals surface area (Å²) in [6.07, 6.45) is -3.31. The van der Waals surface area contributed by atoms with Crippen molar-refractivity contribution >= 4 is 23.5 Å². The highest BCUT2D eigenvalue weighted by Gasteiger charge is 2.32. The van der Waals surface area contributed by atoms with Crippen molar-refractivity contribution in [3.63, 3.8) is 0 Å². The van der Waals surface area contributed by atoms with Crippen molar-refractivity contribution in [2.24, 2.45) is 5.10 Å². The fourth-order valence-corrected chi connectivity index (χ4v) is 2.04. The molecule has 0 saturated carbocycles. The summed E-state index contributed by atoms with van der Waals surface area (Å²) in [6.45, 7) is 0. The van der Waals surface area contributed by atoms with Gasteiger partial charge in [-0.25, -0.2) is 0 Å². The van der Waals surface area contributed by atoms with Crippen LogP contribution in [0, 0.1) is 0 Å². The van der Waals surface area contributed by atoms with Gasteiger partial charge in [0.2, 0.25) is 0 Å². The molecule has 0 aromatic heterocycles. The summed E-state index contributed by atoms with van der Waals surface area (Å²) < 4.78 is 43.5. The van der Waals surface area contributed by atoms with Crippen molar-refractivity contribution < 1.29 is 17.9 Å². The number of rotatable bonds is 4. The Morgan fingerprint density at radius 3 is 2.55 bits per heavy atom. The van der Waals surface area contributed by atoms with E-state index in [9.17, 15) is 13.2 Å². The minimum absolute atomic E-state index is 0.0258.